The number of carbonyl (C=O) groups is 1. The Bertz CT molecular complexity index is 657. The van der Waals surface area contributed by atoms with Crippen LogP contribution in [0.2, 0.25) is 5.15 Å². The first-order valence-corrected chi connectivity index (χ1v) is 8.04. The highest BCUT2D eigenvalue weighted by Gasteiger charge is 2.04. The summed E-state index contributed by atoms with van der Waals surface area (Å²) < 4.78 is 5.77. The number of carbonyl (C=O) groups excluding carboxylic acids is 1. The van der Waals surface area contributed by atoms with Gasteiger partial charge in [0.2, 0.25) is 5.91 Å². The molecule has 0 bridgehead atoms. The molecule has 1 amide bonds. The predicted molar refractivity (Wildman–Crippen MR) is 93.1 cm³/mol. The molecule has 122 valence electrons. The van der Waals surface area contributed by atoms with Gasteiger partial charge in [-0.3, -0.25) is 4.79 Å². The highest BCUT2D eigenvalue weighted by atomic mass is 35.5. The summed E-state index contributed by atoms with van der Waals surface area (Å²) in [6.07, 6.45) is 3.61. The summed E-state index contributed by atoms with van der Waals surface area (Å²) in [5.74, 6) is 0.891. The van der Waals surface area contributed by atoms with E-state index in [1.807, 2.05) is 19.9 Å². The van der Waals surface area contributed by atoms with Gasteiger partial charge in [0.05, 0.1) is 18.5 Å². The standard InChI is InChI=1S/C18H21ClN2O2/c1-13-6-7-14(2)16(11-13)23-10-4-3-5-18(22)21-15-8-9-17(19)20-12-15/h6-9,11-12H,3-5,10H2,1-2H3,(H,21,22). The van der Waals surface area contributed by atoms with Crippen molar-refractivity contribution in [1.82, 2.24) is 4.98 Å². The third-order valence-electron chi connectivity index (χ3n) is 3.41. The van der Waals surface area contributed by atoms with Gasteiger partial charge >= 0.3 is 0 Å². The number of nitrogens with one attached hydrogen (secondary N) is 1. The third-order valence-corrected chi connectivity index (χ3v) is 3.63. The Morgan fingerprint density at radius 3 is 2.78 bits per heavy atom. The first-order chi connectivity index (χ1) is 11.0. The fraction of sp³-hybridized carbons (Fsp3) is 0.333. The maximum Gasteiger partial charge on any atom is 0.224 e. The van der Waals surface area contributed by atoms with Gasteiger partial charge in [0.1, 0.15) is 10.9 Å². The molecule has 4 nitrogen and oxygen atoms in total. The van der Waals surface area contributed by atoms with E-state index < -0.39 is 0 Å². The average Bonchev–Trinajstić information content (AvgIpc) is 2.52. The molecule has 0 aliphatic carbocycles. The zero-order chi connectivity index (χ0) is 16.7. The van der Waals surface area contributed by atoms with Crippen LogP contribution in [0.25, 0.3) is 0 Å². The second-order valence-electron chi connectivity index (χ2n) is 5.49. The number of benzene rings is 1. The largest absolute Gasteiger partial charge is 0.493 e. The van der Waals surface area contributed by atoms with Crippen LogP contribution in [0.1, 0.15) is 30.4 Å². The lowest BCUT2D eigenvalue weighted by molar-refractivity contribution is -0.116. The molecule has 0 saturated carbocycles. The molecule has 0 aliphatic rings. The molecule has 5 heteroatoms. The Kier molecular flexibility index (Phi) is 6.41. The van der Waals surface area contributed by atoms with Gasteiger partial charge in [0, 0.05) is 6.42 Å². The highest BCUT2D eigenvalue weighted by Crippen LogP contribution is 2.19. The minimum absolute atomic E-state index is 0.0270. The molecule has 1 N–H and O–H groups in total. The number of amides is 1. The van der Waals surface area contributed by atoms with Crippen LogP contribution in [-0.2, 0) is 4.79 Å². The van der Waals surface area contributed by atoms with E-state index in [0.717, 1.165) is 24.2 Å². The number of pyridine rings is 1. The number of nitrogens with zero attached hydrogens (tertiary/aromatic N) is 1. The Labute approximate surface area is 141 Å². The molecule has 0 unspecified atom stereocenters. The predicted octanol–water partition coefficient (Wildman–Crippen LogP) is 4.54. The summed E-state index contributed by atoms with van der Waals surface area (Å²) in [5.41, 5.74) is 2.97. The van der Waals surface area contributed by atoms with Crippen molar-refractivity contribution in [2.45, 2.75) is 33.1 Å². The fourth-order valence-electron chi connectivity index (χ4n) is 2.11. The quantitative estimate of drug-likeness (QED) is 0.598. The number of hydrogen-bond donors (Lipinski definition) is 1. The molecule has 1 heterocycles. The van der Waals surface area contributed by atoms with Crippen LogP contribution in [0, 0.1) is 13.8 Å². The van der Waals surface area contributed by atoms with Crippen molar-refractivity contribution in [3.8, 4) is 5.75 Å². The summed E-state index contributed by atoms with van der Waals surface area (Å²) in [6.45, 7) is 4.69. The molecule has 0 aliphatic heterocycles. The van der Waals surface area contributed by atoms with Crippen LogP contribution in [0.4, 0.5) is 5.69 Å². The first kappa shape index (κ1) is 17.3. The maximum atomic E-state index is 11.8. The van der Waals surface area contributed by atoms with Crippen LogP contribution >= 0.6 is 11.6 Å². The second kappa shape index (κ2) is 8.53. The average molecular weight is 333 g/mol. The number of rotatable bonds is 7. The fourth-order valence-corrected chi connectivity index (χ4v) is 2.22. The smallest absolute Gasteiger partial charge is 0.224 e. The molecule has 2 aromatic rings. The molecular formula is C18H21ClN2O2. The van der Waals surface area contributed by atoms with Crippen molar-refractivity contribution in [2.24, 2.45) is 0 Å². The van der Waals surface area contributed by atoms with E-state index in [0.29, 0.717) is 23.9 Å². The van der Waals surface area contributed by atoms with Gasteiger partial charge in [-0.2, -0.15) is 0 Å². The molecule has 0 atom stereocenters. The van der Waals surface area contributed by atoms with Crippen molar-refractivity contribution < 1.29 is 9.53 Å². The van der Waals surface area contributed by atoms with Crippen molar-refractivity contribution in [2.75, 3.05) is 11.9 Å². The summed E-state index contributed by atoms with van der Waals surface area (Å²) in [4.78, 5) is 15.7. The number of halogens is 1. The van der Waals surface area contributed by atoms with Crippen molar-refractivity contribution in [1.29, 1.82) is 0 Å². The summed E-state index contributed by atoms with van der Waals surface area (Å²) in [7, 11) is 0. The second-order valence-corrected chi connectivity index (χ2v) is 5.88. The van der Waals surface area contributed by atoms with Crippen molar-refractivity contribution in [3.63, 3.8) is 0 Å². The van der Waals surface area contributed by atoms with Gasteiger partial charge in [0.25, 0.3) is 0 Å². The van der Waals surface area contributed by atoms with E-state index in [9.17, 15) is 4.79 Å². The lowest BCUT2D eigenvalue weighted by Gasteiger charge is -2.10. The Hall–Kier alpha value is -2.07. The van der Waals surface area contributed by atoms with Gasteiger partial charge in [0.15, 0.2) is 0 Å². The number of hydrogen-bond acceptors (Lipinski definition) is 3. The van der Waals surface area contributed by atoms with E-state index in [-0.39, 0.29) is 5.91 Å². The number of unbranched alkanes of at least 4 members (excludes halogenated alkanes) is 1. The summed E-state index contributed by atoms with van der Waals surface area (Å²) in [6, 6.07) is 9.54. The van der Waals surface area contributed by atoms with Crippen LogP contribution in [0.15, 0.2) is 36.5 Å². The number of aryl methyl sites for hydroxylation is 2. The number of aromatic nitrogens is 1. The minimum atomic E-state index is -0.0270. The molecule has 0 radical (unpaired) electrons. The third kappa shape index (κ3) is 5.91. The molecule has 23 heavy (non-hydrogen) atoms. The van der Waals surface area contributed by atoms with Gasteiger partial charge in [-0.15, -0.1) is 0 Å². The molecular weight excluding hydrogens is 312 g/mol. The van der Waals surface area contributed by atoms with Crippen molar-refractivity contribution >= 4 is 23.2 Å². The maximum absolute atomic E-state index is 11.8. The Morgan fingerprint density at radius 1 is 1.22 bits per heavy atom. The van der Waals surface area contributed by atoms with Gasteiger partial charge in [-0.1, -0.05) is 23.7 Å². The zero-order valence-corrected chi connectivity index (χ0v) is 14.2. The van der Waals surface area contributed by atoms with E-state index in [4.69, 9.17) is 16.3 Å². The number of anilines is 1. The highest BCUT2D eigenvalue weighted by molar-refractivity contribution is 6.29. The van der Waals surface area contributed by atoms with Gasteiger partial charge < -0.3 is 10.1 Å². The van der Waals surface area contributed by atoms with Crippen LogP contribution in [-0.4, -0.2) is 17.5 Å². The van der Waals surface area contributed by atoms with E-state index in [1.54, 1.807) is 18.3 Å². The van der Waals surface area contributed by atoms with E-state index in [1.165, 1.54) is 5.56 Å². The zero-order valence-electron chi connectivity index (χ0n) is 13.4. The SMILES string of the molecule is Cc1ccc(C)c(OCCCCC(=O)Nc2ccc(Cl)nc2)c1. The lowest BCUT2D eigenvalue weighted by atomic mass is 10.1. The van der Waals surface area contributed by atoms with E-state index in [2.05, 4.69) is 22.4 Å². The molecule has 1 aromatic heterocycles. The number of ether oxygens (including phenoxy) is 1. The van der Waals surface area contributed by atoms with E-state index >= 15 is 0 Å². The summed E-state index contributed by atoms with van der Waals surface area (Å²) in [5, 5.41) is 3.20. The topological polar surface area (TPSA) is 51.2 Å². The molecule has 2 rings (SSSR count). The lowest BCUT2D eigenvalue weighted by Crippen LogP contribution is -2.11. The summed E-state index contributed by atoms with van der Waals surface area (Å²) >= 11 is 5.70. The van der Waals surface area contributed by atoms with Crippen LogP contribution < -0.4 is 10.1 Å². The molecule has 0 fully saturated rings. The Balaban J connectivity index is 1.66. The van der Waals surface area contributed by atoms with Gasteiger partial charge in [-0.05, 0) is 56.0 Å². The monoisotopic (exact) mass is 332 g/mol. The Morgan fingerprint density at radius 2 is 2.04 bits per heavy atom. The normalized spacial score (nSPS) is 10.4. The molecule has 0 saturated heterocycles. The minimum Gasteiger partial charge on any atom is -0.493 e. The molecule has 1 aromatic carbocycles. The van der Waals surface area contributed by atoms with Crippen molar-refractivity contribution in [3.05, 3.63) is 52.8 Å². The first-order valence-electron chi connectivity index (χ1n) is 7.66. The van der Waals surface area contributed by atoms with Crippen LogP contribution in [0.5, 0.6) is 5.75 Å². The van der Waals surface area contributed by atoms with Gasteiger partial charge in [-0.25, -0.2) is 4.98 Å². The molecule has 0 spiro atoms. The van der Waals surface area contributed by atoms with Crippen LogP contribution in [0.3, 0.4) is 0 Å².